The average Bonchev–Trinajstić information content (AvgIpc) is 2.46. The molecule has 0 fully saturated rings. The summed E-state index contributed by atoms with van der Waals surface area (Å²) in [5.41, 5.74) is 1.79. The van der Waals surface area contributed by atoms with Crippen LogP contribution in [0.1, 0.15) is 10.4 Å². The second-order valence-corrected chi connectivity index (χ2v) is 4.26. The summed E-state index contributed by atoms with van der Waals surface area (Å²) in [5.74, 6) is -0.367. The lowest BCUT2D eigenvalue weighted by molar-refractivity contribution is 0.112. The third-order valence-electron chi connectivity index (χ3n) is 3.10. The molecule has 2 aromatic carbocycles. The fourth-order valence-corrected chi connectivity index (χ4v) is 2.20. The van der Waals surface area contributed by atoms with Gasteiger partial charge in [0, 0.05) is 28.9 Å². The van der Waals surface area contributed by atoms with E-state index in [0.29, 0.717) is 11.1 Å². The van der Waals surface area contributed by atoms with Crippen LogP contribution in [0.15, 0.2) is 54.9 Å². The molecule has 0 N–H and O–H groups in total. The molecule has 0 aliphatic carbocycles. The first-order valence-electron chi connectivity index (χ1n) is 5.87. The highest BCUT2D eigenvalue weighted by atomic mass is 19.1. The van der Waals surface area contributed by atoms with Crippen molar-refractivity contribution in [3.63, 3.8) is 0 Å². The van der Waals surface area contributed by atoms with E-state index in [1.165, 1.54) is 18.2 Å². The van der Waals surface area contributed by atoms with E-state index in [1.54, 1.807) is 12.4 Å². The SMILES string of the molecule is O=Cc1ccc(F)cc1-c1cncc2ccccc12. The summed E-state index contributed by atoms with van der Waals surface area (Å²) in [5, 5.41) is 1.91. The molecule has 3 heteroatoms. The summed E-state index contributed by atoms with van der Waals surface area (Å²) < 4.78 is 13.4. The van der Waals surface area contributed by atoms with Crippen molar-refractivity contribution in [2.24, 2.45) is 0 Å². The van der Waals surface area contributed by atoms with E-state index in [9.17, 15) is 9.18 Å². The molecule has 2 nitrogen and oxygen atoms in total. The molecule has 0 unspecified atom stereocenters. The van der Waals surface area contributed by atoms with Gasteiger partial charge < -0.3 is 0 Å². The van der Waals surface area contributed by atoms with Crippen molar-refractivity contribution >= 4 is 17.1 Å². The van der Waals surface area contributed by atoms with Crippen LogP contribution in [0.5, 0.6) is 0 Å². The van der Waals surface area contributed by atoms with Crippen LogP contribution in [0, 0.1) is 5.82 Å². The van der Waals surface area contributed by atoms with Crippen molar-refractivity contribution in [2.75, 3.05) is 0 Å². The van der Waals surface area contributed by atoms with Crippen molar-refractivity contribution in [3.05, 3.63) is 66.2 Å². The van der Waals surface area contributed by atoms with Crippen LogP contribution in [0.4, 0.5) is 4.39 Å². The number of rotatable bonds is 2. The second-order valence-electron chi connectivity index (χ2n) is 4.26. The molecular weight excluding hydrogens is 241 g/mol. The molecule has 0 saturated carbocycles. The van der Waals surface area contributed by atoms with Gasteiger partial charge in [-0.2, -0.15) is 0 Å². The van der Waals surface area contributed by atoms with Crippen molar-refractivity contribution < 1.29 is 9.18 Å². The molecule has 0 aliphatic rings. The molecule has 0 bridgehead atoms. The molecule has 92 valence electrons. The van der Waals surface area contributed by atoms with Gasteiger partial charge in [-0.05, 0) is 29.1 Å². The van der Waals surface area contributed by atoms with E-state index in [2.05, 4.69) is 4.98 Å². The number of nitrogens with zero attached hydrogens (tertiary/aromatic N) is 1. The lowest BCUT2D eigenvalue weighted by Crippen LogP contribution is -1.91. The zero-order chi connectivity index (χ0) is 13.2. The summed E-state index contributed by atoms with van der Waals surface area (Å²) >= 11 is 0. The molecular formula is C16H10FNO. The first-order valence-corrected chi connectivity index (χ1v) is 5.87. The van der Waals surface area contributed by atoms with Crippen LogP contribution in [0.2, 0.25) is 0 Å². The van der Waals surface area contributed by atoms with Crippen molar-refractivity contribution in [1.82, 2.24) is 4.98 Å². The Kier molecular flexibility index (Phi) is 2.80. The van der Waals surface area contributed by atoms with Gasteiger partial charge in [-0.1, -0.05) is 24.3 Å². The van der Waals surface area contributed by atoms with Crippen LogP contribution < -0.4 is 0 Å². The number of aldehydes is 1. The van der Waals surface area contributed by atoms with Crippen LogP contribution in [-0.2, 0) is 0 Å². The third kappa shape index (κ3) is 1.99. The predicted molar refractivity (Wildman–Crippen MR) is 72.5 cm³/mol. The molecule has 3 rings (SSSR count). The summed E-state index contributed by atoms with van der Waals surface area (Å²) in [6.07, 6.45) is 4.14. The van der Waals surface area contributed by atoms with Crippen LogP contribution in [-0.4, -0.2) is 11.3 Å². The molecule has 1 heterocycles. The summed E-state index contributed by atoms with van der Waals surface area (Å²) in [6.45, 7) is 0. The highest BCUT2D eigenvalue weighted by Gasteiger charge is 2.09. The van der Waals surface area contributed by atoms with Gasteiger partial charge in [0.15, 0.2) is 6.29 Å². The molecule has 0 radical (unpaired) electrons. The maximum Gasteiger partial charge on any atom is 0.150 e. The summed E-state index contributed by atoms with van der Waals surface area (Å²) in [4.78, 5) is 15.3. The van der Waals surface area contributed by atoms with E-state index < -0.39 is 0 Å². The first-order chi connectivity index (χ1) is 9.29. The molecule has 0 atom stereocenters. The van der Waals surface area contributed by atoms with Crippen molar-refractivity contribution in [3.8, 4) is 11.1 Å². The molecule has 1 aromatic heterocycles. The number of carbonyl (C=O) groups is 1. The average molecular weight is 251 g/mol. The maximum atomic E-state index is 13.4. The first kappa shape index (κ1) is 11.5. The van der Waals surface area contributed by atoms with Crippen LogP contribution in [0.3, 0.4) is 0 Å². The largest absolute Gasteiger partial charge is 0.298 e. The topological polar surface area (TPSA) is 30.0 Å². The quantitative estimate of drug-likeness (QED) is 0.647. The molecule has 3 aromatic rings. The number of hydrogen-bond donors (Lipinski definition) is 0. The molecule has 0 saturated heterocycles. The number of carbonyl (C=O) groups excluding carboxylic acids is 1. The fourth-order valence-electron chi connectivity index (χ4n) is 2.20. The number of benzene rings is 2. The molecule has 19 heavy (non-hydrogen) atoms. The lowest BCUT2D eigenvalue weighted by atomic mass is 9.97. The van der Waals surface area contributed by atoms with Gasteiger partial charge in [0.25, 0.3) is 0 Å². The van der Waals surface area contributed by atoms with Gasteiger partial charge in [-0.3, -0.25) is 9.78 Å². The normalized spacial score (nSPS) is 10.6. The number of pyridine rings is 1. The predicted octanol–water partition coefficient (Wildman–Crippen LogP) is 3.85. The lowest BCUT2D eigenvalue weighted by Gasteiger charge is -2.08. The van der Waals surface area contributed by atoms with Crippen molar-refractivity contribution in [1.29, 1.82) is 0 Å². The summed E-state index contributed by atoms with van der Waals surface area (Å²) in [6, 6.07) is 11.8. The Morgan fingerprint density at radius 3 is 2.68 bits per heavy atom. The Morgan fingerprint density at radius 1 is 1.00 bits per heavy atom. The highest BCUT2D eigenvalue weighted by molar-refractivity contribution is 6.00. The fraction of sp³-hybridized carbons (Fsp3) is 0. The van der Waals surface area contributed by atoms with Gasteiger partial charge in [0.1, 0.15) is 5.82 Å². The van der Waals surface area contributed by atoms with E-state index in [1.807, 2.05) is 24.3 Å². The Balaban J connectivity index is 2.36. The number of hydrogen-bond acceptors (Lipinski definition) is 2. The highest BCUT2D eigenvalue weighted by Crippen LogP contribution is 2.30. The van der Waals surface area contributed by atoms with Crippen molar-refractivity contribution in [2.45, 2.75) is 0 Å². The van der Waals surface area contributed by atoms with E-state index in [0.717, 1.165) is 22.6 Å². The Morgan fingerprint density at radius 2 is 1.84 bits per heavy atom. The monoisotopic (exact) mass is 251 g/mol. The minimum absolute atomic E-state index is 0.367. The number of halogens is 1. The smallest absolute Gasteiger partial charge is 0.150 e. The van der Waals surface area contributed by atoms with Gasteiger partial charge >= 0.3 is 0 Å². The number of fused-ring (bicyclic) bond motifs is 1. The minimum Gasteiger partial charge on any atom is -0.298 e. The molecule has 0 aliphatic heterocycles. The molecule has 0 amide bonds. The Labute approximate surface area is 109 Å². The van der Waals surface area contributed by atoms with Crippen LogP contribution >= 0.6 is 0 Å². The Hall–Kier alpha value is -2.55. The Bertz CT molecular complexity index is 762. The third-order valence-corrected chi connectivity index (χ3v) is 3.10. The van der Waals surface area contributed by atoms with Gasteiger partial charge in [0.05, 0.1) is 0 Å². The van der Waals surface area contributed by atoms with Gasteiger partial charge in [0.2, 0.25) is 0 Å². The van der Waals surface area contributed by atoms with Crippen LogP contribution in [0.25, 0.3) is 21.9 Å². The zero-order valence-electron chi connectivity index (χ0n) is 10.0. The summed E-state index contributed by atoms with van der Waals surface area (Å²) in [7, 11) is 0. The van der Waals surface area contributed by atoms with Gasteiger partial charge in [-0.25, -0.2) is 4.39 Å². The van der Waals surface area contributed by atoms with Gasteiger partial charge in [-0.15, -0.1) is 0 Å². The minimum atomic E-state index is -0.367. The standard InChI is InChI=1S/C16H10FNO/c17-13-6-5-12(10-19)15(7-13)16-9-18-8-11-3-1-2-4-14(11)16/h1-10H. The van der Waals surface area contributed by atoms with E-state index >= 15 is 0 Å². The second kappa shape index (κ2) is 4.61. The molecule has 0 spiro atoms. The number of aromatic nitrogens is 1. The van der Waals surface area contributed by atoms with E-state index in [4.69, 9.17) is 0 Å². The van der Waals surface area contributed by atoms with E-state index in [-0.39, 0.29) is 5.82 Å². The maximum absolute atomic E-state index is 13.4. The zero-order valence-corrected chi connectivity index (χ0v) is 10.0.